The molecular weight excluding hydrogens is 543 g/mol. The van der Waals surface area contributed by atoms with Gasteiger partial charge in [-0.15, -0.1) is 0 Å². The standard InChI is InChI=1S/C28H26Cl2N4O3S/c29-20-2-1-3-21(30)24(20)26-19(25(32-37-26)15-4-5-15)10-11-33-13-17-7-8-18(14-33)34(17)28-31-22-9-6-16(27(35)36)12-23(22)38-28/h1-3,6,9,12,15,17-18H,4-5,7-8,10-11,13-14H2,(H,35,36). The molecule has 7 rings (SSSR count). The fraction of sp³-hybridized carbons (Fsp3) is 0.393. The van der Waals surface area contributed by atoms with E-state index in [4.69, 9.17) is 32.7 Å². The fourth-order valence-corrected chi connectivity index (χ4v) is 7.78. The van der Waals surface area contributed by atoms with Gasteiger partial charge in [0.15, 0.2) is 10.9 Å². The molecule has 0 amide bonds. The van der Waals surface area contributed by atoms with Gasteiger partial charge in [0.25, 0.3) is 0 Å². The normalized spacial score (nSPS) is 21.5. The van der Waals surface area contributed by atoms with Crippen LogP contribution < -0.4 is 4.90 Å². The Bertz CT molecular complexity index is 1510. The molecule has 7 nitrogen and oxygen atoms in total. The van der Waals surface area contributed by atoms with E-state index in [1.165, 1.54) is 0 Å². The number of hydrogen-bond donors (Lipinski definition) is 1. The Kier molecular flexibility index (Phi) is 6.11. The van der Waals surface area contributed by atoms with Crippen molar-refractivity contribution in [2.75, 3.05) is 24.5 Å². The molecule has 2 aromatic heterocycles. The van der Waals surface area contributed by atoms with Gasteiger partial charge in [-0.3, -0.25) is 4.90 Å². The molecule has 3 aliphatic rings. The molecule has 1 N–H and O–H groups in total. The van der Waals surface area contributed by atoms with Crippen LogP contribution in [-0.4, -0.2) is 57.8 Å². The van der Waals surface area contributed by atoms with Crippen molar-refractivity contribution in [1.82, 2.24) is 15.0 Å². The lowest BCUT2D eigenvalue weighted by molar-refractivity contribution is 0.0697. The van der Waals surface area contributed by atoms with Gasteiger partial charge < -0.3 is 14.5 Å². The molecule has 0 radical (unpaired) electrons. The zero-order valence-electron chi connectivity index (χ0n) is 20.6. The lowest BCUT2D eigenvalue weighted by Gasteiger charge is -2.41. The topological polar surface area (TPSA) is 82.7 Å². The summed E-state index contributed by atoms with van der Waals surface area (Å²) in [5, 5.41) is 16.0. The molecule has 196 valence electrons. The number of anilines is 1. The second kappa shape index (κ2) is 9.52. The predicted molar refractivity (Wildman–Crippen MR) is 150 cm³/mol. The highest BCUT2D eigenvalue weighted by Crippen LogP contribution is 2.46. The van der Waals surface area contributed by atoms with Crippen LogP contribution in [0.25, 0.3) is 21.5 Å². The maximum atomic E-state index is 11.4. The average Bonchev–Trinajstić information content (AvgIpc) is 3.42. The molecule has 2 unspecified atom stereocenters. The molecule has 1 saturated carbocycles. The summed E-state index contributed by atoms with van der Waals surface area (Å²) in [7, 11) is 0. The number of hydrogen-bond acceptors (Lipinski definition) is 7. The molecule has 4 heterocycles. The number of halogens is 2. The quantitative estimate of drug-likeness (QED) is 0.264. The Balaban J connectivity index is 1.10. The number of piperazine rings is 1. The van der Waals surface area contributed by atoms with Crippen LogP contribution in [0.4, 0.5) is 5.13 Å². The molecular formula is C28H26Cl2N4O3S. The maximum Gasteiger partial charge on any atom is 0.335 e. The van der Waals surface area contributed by atoms with E-state index in [1.807, 2.05) is 24.3 Å². The molecule has 2 aromatic carbocycles. The minimum absolute atomic E-state index is 0.303. The van der Waals surface area contributed by atoms with Crippen LogP contribution in [0, 0.1) is 0 Å². The Labute approximate surface area is 233 Å². The number of carboxylic acid groups (broad SMARTS) is 1. The van der Waals surface area contributed by atoms with Crippen molar-refractivity contribution >= 4 is 55.9 Å². The summed E-state index contributed by atoms with van der Waals surface area (Å²) >= 11 is 14.7. The minimum atomic E-state index is -0.909. The van der Waals surface area contributed by atoms with Crippen LogP contribution in [0.5, 0.6) is 0 Å². The summed E-state index contributed by atoms with van der Waals surface area (Å²) < 4.78 is 6.80. The number of nitrogens with zero attached hydrogens (tertiary/aromatic N) is 4. The summed E-state index contributed by atoms with van der Waals surface area (Å²) in [5.41, 5.74) is 4.10. The first-order valence-corrected chi connectivity index (χ1v) is 14.6. The third kappa shape index (κ3) is 4.28. The largest absolute Gasteiger partial charge is 0.478 e. The highest BCUT2D eigenvalue weighted by Gasteiger charge is 2.41. The number of fused-ring (bicyclic) bond motifs is 3. The Hall–Kier alpha value is -2.65. The van der Waals surface area contributed by atoms with Crippen molar-refractivity contribution in [3.8, 4) is 11.3 Å². The van der Waals surface area contributed by atoms with E-state index < -0.39 is 5.97 Å². The SMILES string of the molecule is O=C(O)c1ccc2nc(N3C4CCC3CN(CCc3c(C5CC5)noc3-c3c(Cl)cccc3Cl)C4)sc2c1. The second-order valence-corrected chi connectivity index (χ2v) is 12.4. The first kappa shape index (κ1) is 24.4. The minimum Gasteiger partial charge on any atom is -0.478 e. The second-order valence-electron chi connectivity index (χ2n) is 10.5. The van der Waals surface area contributed by atoms with Crippen LogP contribution in [0.2, 0.25) is 10.0 Å². The van der Waals surface area contributed by atoms with Gasteiger partial charge in [0.05, 0.1) is 37.1 Å². The molecule has 2 atom stereocenters. The lowest BCUT2D eigenvalue weighted by Crippen LogP contribution is -2.54. The Morgan fingerprint density at radius 3 is 2.50 bits per heavy atom. The Morgan fingerprint density at radius 2 is 1.82 bits per heavy atom. The molecule has 2 bridgehead atoms. The number of likely N-dealkylation sites (tertiary alicyclic amines) is 1. The molecule has 2 aliphatic heterocycles. The van der Waals surface area contributed by atoms with E-state index in [1.54, 1.807) is 23.5 Å². The third-order valence-electron chi connectivity index (χ3n) is 8.05. The third-order valence-corrected chi connectivity index (χ3v) is 9.71. The van der Waals surface area contributed by atoms with Crippen molar-refractivity contribution < 1.29 is 14.4 Å². The number of benzene rings is 2. The van der Waals surface area contributed by atoms with Crippen molar-refractivity contribution in [3.05, 3.63) is 63.3 Å². The fourth-order valence-electron chi connectivity index (χ4n) is 6.06. The van der Waals surface area contributed by atoms with E-state index in [0.29, 0.717) is 39.4 Å². The maximum absolute atomic E-state index is 11.4. The number of carboxylic acids is 1. The van der Waals surface area contributed by atoms with Gasteiger partial charge in [-0.25, -0.2) is 9.78 Å². The van der Waals surface area contributed by atoms with Crippen LogP contribution in [0.15, 0.2) is 40.9 Å². The monoisotopic (exact) mass is 568 g/mol. The highest BCUT2D eigenvalue weighted by atomic mass is 35.5. The summed E-state index contributed by atoms with van der Waals surface area (Å²) in [6.45, 7) is 2.86. The molecule has 10 heteroatoms. The van der Waals surface area contributed by atoms with Crippen molar-refractivity contribution in [1.29, 1.82) is 0 Å². The van der Waals surface area contributed by atoms with Gasteiger partial charge in [-0.05, 0) is 62.4 Å². The number of aromatic carboxylic acids is 1. The van der Waals surface area contributed by atoms with Crippen LogP contribution in [-0.2, 0) is 6.42 Å². The zero-order chi connectivity index (χ0) is 26.0. The molecule has 38 heavy (non-hydrogen) atoms. The average molecular weight is 570 g/mol. The summed E-state index contributed by atoms with van der Waals surface area (Å²) in [6, 6.07) is 11.5. The molecule has 0 spiro atoms. The highest BCUT2D eigenvalue weighted by molar-refractivity contribution is 7.22. The number of rotatable bonds is 7. The summed E-state index contributed by atoms with van der Waals surface area (Å²) in [4.78, 5) is 21.3. The smallest absolute Gasteiger partial charge is 0.335 e. The molecule has 4 aromatic rings. The first-order valence-electron chi connectivity index (χ1n) is 13.0. The van der Waals surface area contributed by atoms with Gasteiger partial charge >= 0.3 is 5.97 Å². The Morgan fingerprint density at radius 1 is 1.08 bits per heavy atom. The lowest BCUT2D eigenvalue weighted by atomic mass is 10.0. The van der Waals surface area contributed by atoms with Crippen LogP contribution in [0.1, 0.15) is 53.2 Å². The first-order chi connectivity index (χ1) is 18.5. The van der Waals surface area contributed by atoms with E-state index >= 15 is 0 Å². The number of thiazole rings is 1. The van der Waals surface area contributed by atoms with E-state index in [2.05, 4.69) is 15.0 Å². The van der Waals surface area contributed by atoms with Crippen LogP contribution in [0.3, 0.4) is 0 Å². The van der Waals surface area contributed by atoms with Gasteiger partial charge in [-0.1, -0.05) is 45.8 Å². The molecule has 3 fully saturated rings. The predicted octanol–water partition coefficient (Wildman–Crippen LogP) is 6.73. The zero-order valence-corrected chi connectivity index (χ0v) is 22.9. The van der Waals surface area contributed by atoms with Gasteiger partial charge in [-0.2, -0.15) is 0 Å². The van der Waals surface area contributed by atoms with E-state index in [-0.39, 0.29) is 0 Å². The van der Waals surface area contributed by atoms with Gasteiger partial charge in [0.2, 0.25) is 0 Å². The van der Waals surface area contributed by atoms with Crippen molar-refractivity contribution in [2.24, 2.45) is 0 Å². The number of aromatic nitrogens is 2. The van der Waals surface area contributed by atoms with Crippen LogP contribution >= 0.6 is 34.5 Å². The molecule has 1 aliphatic carbocycles. The van der Waals surface area contributed by atoms with Crippen molar-refractivity contribution in [2.45, 2.75) is 50.1 Å². The van der Waals surface area contributed by atoms with Gasteiger partial charge in [0.1, 0.15) is 0 Å². The van der Waals surface area contributed by atoms with E-state index in [0.717, 1.165) is 83.9 Å². The molecule has 2 saturated heterocycles. The summed E-state index contributed by atoms with van der Waals surface area (Å²) in [5.74, 6) is 0.268. The number of carbonyl (C=O) groups is 1. The van der Waals surface area contributed by atoms with Crippen molar-refractivity contribution in [3.63, 3.8) is 0 Å². The van der Waals surface area contributed by atoms with Gasteiger partial charge in [0, 0.05) is 43.2 Å². The summed E-state index contributed by atoms with van der Waals surface area (Å²) in [6.07, 6.45) is 5.41. The van der Waals surface area contributed by atoms with E-state index in [9.17, 15) is 9.90 Å².